The number of aromatic nitrogens is 2. The number of hydrogen-bond acceptors (Lipinski definition) is 4. The first-order chi connectivity index (χ1) is 19.2. The first kappa shape index (κ1) is 27.8. The van der Waals surface area contributed by atoms with Crippen molar-refractivity contribution in [2.24, 2.45) is 0 Å². The SMILES string of the molecule is CCCc1cc2c(C)cc(C)nc2n1Cc1ccc(-c2ccccc2N(C=O)S(=O)(=O)c2ccccc2Br)cc1. The summed E-state index contributed by atoms with van der Waals surface area (Å²) in [5, 5.41) is 1.18. The quantitative estimate of drug-likeness (QED) is 0.162. The first-order valence-corrected chi connectivity index (χ1v) is 15.4. The van der Waals surface area contributed by atoms with Gasteiger partial charge in [0.25, 0.3) is 10.0 Å². The molecule has 0 N–H and O–H groups in total. The molecule has 0 atom stereocenters. The topological polar surface area (TPSA) is 72.3 Å². The van der Waals surface area contributed by atoms with Gasteiger partial charge in [-0.15, -0.1) is 0 Å². The van der Waals surface area contributed by atoms with Gasteiger partial charge in [-0.25, -0.2) is 17.7 Å². The Balaban J connectivity index is 1.51. The van der Waals surface area contributed by atoms with Crippen molar-refractivity contribution in [3.05, 3.63) is 112 Å². The standard InChI is InChI=1S/C32H30BrN3O3S/c1-4-9-26-19-28-22(2)18-23(3)34-32(28)35(26)20-24-14-16-25(17-15-24)27-10-5-7-12-30(27)36(21-37)40(38,39)31-13-8-6-11-29(31)33/h5-8,10-19,21H,4,9,20H2,1-3H3. The number of pyridine rings is 1. The third kappa shape index (κ3) is 5.21. The van der Waals surface area contributed by atoms with Gasteiger partial charge in [-0.05, 0) is 83.2 Å². The molecule has 0 fully saturated rings. The summed E-state index contributed by atoms with van der Waals surface area (Å²) in [6, 6.07) is 25.9. The van der Waals surface area contributed by atoms with Crippen LogP contribution in [0.5, 0.6) is 0 Å². The van der Waals surface area contributed by atoms with Crippen molar-refractivity contribution in [3.63, 3.8) is 0 Å². The number of rotatable bonds is 9. The van der Waals surface area contributed by atoms with Gasteiger partial charge in [-0.2, -0.15) is 0 Å². The number of amides is 1. The van der Waals surface area contributed by atoms with Gasteiger partial charge >= 0.3 is 0 Å². The molecule has 0 unspecified atom stereocenters. The Morgan fingerprint density at radius 3 is 2.35 bits per heavy atom. The van der Waals surface area contributed by atoms with Gasteiger partial charge in [-0.3, -0.25) is 4.79 Å². The van der Waals surface area contributed by atoms with E-state index in [2.05, 4.69) is 46.5 Å². The maximum Gasteiger partial charge on any atom is 0.271 e. The molecule has 2 aromatic heterocycles. The Kier molecular flexibility index (Phi) is 7.92. The Morgan fingerprint density at radius 1 is 0.950 bits per heavy atom. The normalized spacial score (nSPS) is 11.6. The minimum Gasteiger partial charge on any atom is -0.325 e. The molecule has 0 saturated heterocycles. The van der Waals surface area contributed by atoms with E-state index in [1.54, 1.807) is 30.3 Å². The number of halogens is 1. The molecule has 204 valence electrons. The van der Waals surface area contributed by atoms with Crippen LogP contribution in [-0.4, -0.2) is 24.4 Å². The number of benzene rings is 3. The lowest BCUT2D eigenvalue weighted by Crippen LogP contribution is -2.30. The molecule has 0 radical (unpaired) electrons. The van der Waals surface area contributed by atoms with Crippen LogP contribution in [0.15, 0.2) is 94.3 Å². The predicted octanol–water partition coefficient (Wildman–Crippen LogP) is 7.44. The number of nitrogens with zero attached hydrogens (tertiary/aromatic N) is 3. The molecule has 0 aliphatic carbocycles. The fourth-order valence-electron chi connectivity index (χ4n) is 5.12. The minimum absolute atomic E-state index is 0.0215. The van der Waals surface area contributed by atoms with Gasteiger partial charge in [0.2, 0.25) is 6.41 Å². The average Bonchev–Trinajstić information content (AvgIpc) is 3.27. The number of carbonyl (C=O) groups excluding carboxylic acids is 1. The molecular weight excluding hydrogens is 586 g/mol. The zero-order valence-corrected chi connectivity index (χ0v) is 25.0. The summed E-state index contributed by atoms with van der Waals surface area (Å²) in [4.78, 5) is 17.1. The number of hydrogen-bond donors (Lipinski definition) is 0. The lowest BCUT2D eigenvalue weighted by molar-refractivity contribution is -0.106. The number of aryl methyl sites for hydroxylation is 3. The third-order valence-corrected chi connectivity index (χ3v) is 9.68. The highest BCUT2D eigenvalue weighted by Gasteiger charge is 2.28. The van der Waals surface area contributed by atoms with Crippen LogP contribution in [0, 0.1) is 13.8 Å². The van der Waals surface area contributed by atoms with Crippen LogP contribution in [0.3, 0.4) is 0 Å². The predicted molar refractivity (Wildman–Crippen MR) is 164 cm³/mol. The van der Waals surface area contributed by atoms with Crippen molar-refractivity contribution in [1.29, 1.82) is 0 Å². The van der Waals surface area contributed by atoms with Gasteiger partial charge in [-0.1, -0.05) is 67.9 Å². The van der Waals surface area contributed by atoms with E-state index in [0.29, 0.717) is 23.0 Å². The first-order valence-electron chi connectivity index (χ1n) is 13.1. The average molecular weight is 617 g/mol. The van der Waals surface area contributed by atoms with Gasteiger partial charge in [0.15, 0.2) is 0 Å². The van der Waals surface area contributed by atoms with E-state index < -0.39 is 10.0 Å². The Labute approximate surface area is 243 Å². The molecule has 6 nitrogen and oxygen atoms in total. The Bertz CT molecular complexity index is 1810. The van der Waals surface area contributed by atoms with E-state index in [9.17, 15) is 13.2 Å². The fourth-order valence-corrected chi connectivity index (χ4v) is 7.32. The summed E-state index contributed by atoms with van der Waals surface area (Å²) < 4.78 is 30.5. The molecule has 0 aliphatic rings. The summed E-state index contributed by atoms with van der Waals surface area (Å²) in [6.45, 7) is 7.00. The van der Waals surface area contributed by atoms with E-state index in [0.717, 1.165) is 39.6 Å². The van der Waals surface area contributed by atoms with Crippen LogP contribution in [0.1, 0.15) is 35.9 Å². The number of para-hydroxylation sites is 1. The zero-order chi connectivity index (χ0) is 28.4. The molecule has 1 amide bonds. The molecule has 2 heterocycles. The number of fused-ring (bicyclic) bond motifs is 1. The molecule has 5 aromatic rings. The molecule has 5 rings (SSSR count). The van der Waals surface area contributed by atoms with Crippen LogP contribution < -0.4 is 4.31 Å². The number of carbonyl (C=O) groups is 1. The van der Waals surface area contributed by atoms with Gasteiger partial charge < -0.3 is 4.57 Å². The van der Waals surface area contributed by atoms with E-state index >= 15 is 0 Å². The van der Waals surface area contributed by atoms with E-state index in [1.807, 2.05) is 43.3 Å². The minimum atomic E-state index is -4.14. The highest BCUT2D eigenvalue weighted by atomic mass is 79.9. The highest BCUT2D eigenvalue weighted by Crippen LogP contribution is 2.35. The van der Waals surface area contributed by atoms with Crippen LogP contribution in [-0.2, 0) is 27.8 Å². The summed E-state index contributed by atoms with van der Waals surface area (Å²) in [5.74, 6) is 0. The molecule has 40 heavy (non-hydrogen) atoms. The second-order valence-corrected chi connectivity index (χ2v) is 12.5. The maximum absolute atomic E-state index is 13.5. The zero-order valence-electron chi connectivity index (χ0n) is 22.6. The van der Waals surface area contributed by atoms with Gasteiger partial charge in [0, 0.05) is 33.4 Å². The van der Waals surface area contributed by atoms with Gasteiger partial charge in [0.05, 0.1) is 5.69 Å². The molecule has 0 aliphatic heterocycles. The molecule has 0 bridgehead atoms. The van der Waals surface area contributed by atoms with Crippen LogP contribution in [0.2, 0.25) is 0 Å². The number of anilines is 1. The van der Waals surface area contributed by atoms with Crippen molar-refractivity contribution >= 4 is 49.1 Å². The van der Waals surface area contributed by atoms with Crippen molar-refractivity contribution in [1.82, 2.24) is 9.55 Å². The molecule has 3 aromatic carbocycles. The monoisotopic (exact) mass is 615 g/mol. The van der Waals surface area contributed by atoms with Crippen LogP contribution in [0.25, 0.3) is 22.2 Å². The molecule has 0 saturated carbocycles. The lowest BCUT2D eigenvalue weighted by Gasteiger charge is -2.21. The second-order valence-electron chi connectivity index (χ2n) is 9.84. The van der Waals surface area contributed by atoms with Crippen molar-refractivity contribution in [2.75, 3.05) is 4.31 Å². The molecule has 8 heteroatoms. The maximum atomic E-state index is 13.5. The fraction of sp³-hybridized carbons (Fsp3) is 0.188. The van der Waals surface area contributed by atoms with Crippen LogP contribution in [0.4, 0.5) is 5.69 Å². The summed E-state index contributed by atoms with van der Waals surface area (Å²) in [5.41, 5.74) is 7.32. The van der Waals surface area contributed by atoms with E-state index in [-0.39, 0.29) is 10.6 Å². The number of sulfonamides is 1. The van der Waals surface area contributed by atoms with Gasteiger partial charge in [0.1, 0.15) is 10.5 Å². The molecular formula is C32H30BrN3O3S. The molecule has 0 spiro atoms. The van der Waals surface area contributed by atoms with Crippen molar-refractivity contribution in [2.45, 2.75) is 45.1 Å². The third-order valence-electron chi connectivity index (χ3n) is 7.01. The van der Waals surface area contributed by atoms with E-state index in [4.69, 9.17) is 4.98 Å². The van der Waals surface area contributed by atoms with Crippen molar-refractivity contribution in [3.8, 4) is 11.1 Å². The van der Waals surface area contributed by atoms with Crippen LogP contribution >= 0.6 is 15.9 Å². The Hall–Kier alpha value is -3.75. The highest BCUT2D eigenvalue weighted by molar-refractivity contribution is 9.10. The largest absolute Gasteiger partial charge is 0.325 e. The summed E-state index contributed by atoms with van der Waals surface area (Å²) >= 11 is 3.31. The smallest absolute Gasteiger partial charge is 0.271 e. The summed E-state index contributed by atoms with van der Waals surface area (Å²) in [7, 11) is -4.14. The Morgan fingerprint density at radius 2 is 1.65 bits per heavy atom. The second kappa shape index (κ2) is 11.4. The van der Waals surface area contributed by atoms with E-state index in [1.165, 1.54) is 22.7 Å². The van der Waals surface area contributed by atoms with Crippen molar-refractivity contribution < 1.29 is 13.2 Å². The summed E-state index contributed by atoms with van der Waals surface area (Å²) in [6.07, 6.45) is 2.36. The lowest BCUT2D eigenvalue weighted by atomic mass is 10.0.